The molecule has 0 aliphatic heterocycles. The zero-order valence-electron chi connectivity index (χ0n) is 9.67. The third kappa shape index (κ3) is 3.00. The fraction of sp³-hybridized carbons (Fsp3) is 0. The van der Waals surface area contributed by atoms with Gasteiger partial charge in [-0.15, -0.1) is 0 Å². The Hall–Kier alpha value is -2.14. The summed E-state index contributed by atoms with van der Waals surface area (Å²) in [5, 5.41) is 8.87. The van der Waals surface area contributed by atoms with Crippen LogP contribution < -0.4 is 0 Å². The molecule has 96 valence electrons. The lowest BCUT2D eigenvalue weighted by Crippen LogP contribution is -2.03. The Bertz CT molecular complexity index is 626. The van der Waals surface area contributed by atoms with Gasteiger partial charge in [0.1, 0.15) is 5.82 Å². The normalized spacial score (nSPS) is 10.2. The second-order valence-corrected chi connectivity index (χ2v) is 4.82. The number of rotatable bonds is 4. The van der Waals surface area contributed by atoms with Crippen LogP contribution in [0.25, 0.3) is 0 Å². The predicted molar refractivity (Wildman–Crippen MR) is 69.3 cm³/mol. The average molecular weight is 276 g/mol. The van der Waals surface area contributed by atoms with Gasteiger partial charge in [0.25, 0.3) is 0 Å². The summed E-state index contributed by atoms with van der Waals surface area (Å²) in [6.07, 6.45) is 0.415. The SMILES string of the molecule is O=Cc1cc(Sc2ccccc2)c(F)cc1C(=O)O. The number of carbonyl (C=O) groups is 2. The van der Waals surface area contributed by atoms with Crippen LogP contribution in [0.5, 0.6) is 0 Å². The topological polar surface area (TPSA) is 54.4 Å². The molecule has 0 atom stereocenters. The van der Waals surface area contributed by atoms with Crippen molar-refractivity contribution < 1.29 is 19.1 Å². The van der Waals surface area contributed by atoms with E-state index in [2.05, 4.69) is 0 Å². The molecule has 0 saturated carbocycles. The lowest BCUT2D eigenvalue weighted by Gasteiger charge is -2.06. The minimum atomic E-state index is -1.32. The molecule has 0 bridgehead atoms. The average Bonchev–Trinajstić information content (AvgIpc) is 2.41. The number of aromatic carboxylic acids is 1. The molecule has 0 fully saturated rings. The molecule has 0 amide bonds. The van der Waals surface area contributed by atoms with Crippen LogP contribution in [0.4, 0.5) is 4.39 Å². The number of hydrogen-bond acceptors (Lipinski definition) is 3. The molecule has 0 radical (unpaired) electrons. The third-order valence-electron chi connectivity index (χ3n) is 2.43. The molecule has 0 spiro atoms. The van der Waals surface area contributed by atoms with Crippen molar-refractivity contribution in [3.63, 3.8) is 0 Å². The Morgan fingerprint density at radius 3 is 2.47 bits per heavy atom. The van der Waals surface area contributed by atoms with Crippen LogP contribution in [0.15, 0.2) is 52.3 Å². The zero-order chi connectivity index (χ0) is 13.8. The maximum absolute atomic E-state index is 13.8. The summed E-state index contributed by atoms with van der Waals surface area (Å²) < 4.78 is 13.8. The van der Waals surface area contributed by atoms with Crippen molar-refractivity contribution in [2.75, 3.05) is 0 Å². The van der Waals surface area contributed by atoms with Crippen LogP contribution in [0.1, 0.15) is 20.7 Å². The Balaban J connectivity index is 2.42. The lowest BCUT2D eigenvalue weighted by atomic mass is 10.1. The van der Waals surface area contributed by atoms with Crippen LogP contribution in [0.3, 0.4) is 0 Å². The fourth-order valence-corrected chi connectivity index (χ4v) is 2.44. The summed E-state index contributed by atoms with van der Waals surface area (Å²) in [4.78, 5) is 22.8. The molecule has 2 aromatic carbocycles. The van der Waals surface area contributed by atoms with Gasteiger partial charge in [0, 0.05) is 15.4 Å². The Morgan fingerprint density at radius 2 is 1.89 bits per heavy atom. The molecule has 19 heavy (non-hydrogen) atoms. The highest BCUT2D eigenvalue weighted by Crippen LogP contribution is 2.31. The number of aldehydes is 1. The first-order chi connectivity index (χ1) is 9.11. The molecule has 0 aliphatic carbocycles. The van der Waals surface area contributed by atoms with E-state index in [9.17, 15) is 14.0 Å². The van der Waals surface area contributed by atoms with Crippen molar-refractivity contribution in [2.45, 2.75) is 9.79 Å². The molecule has 1 N–H and O–H groups in total. The summed E-state index contributed by atoms with van der Waals surface area (Å²) in [6, 6.07) is 11.2. The van der Waals surface area contributed by atoms with Gasteiger partial charge in [0.15, 0.2) is 6.29 Å². The van der Waals surface area contributed by atoms with Crippen molar-refractivity contribution in [3.05, 3.63) is 59.4 Å². The van der Waals surface area contributed by atoms with Crippen LogP contribution in [0, 0.1) is 5.82 Å². The second kappa shape index (κ2) is 5.67. The summed E-state index contributed by atoms with van der Waals surface area (Å²) in [5.74, 6) is -1.98. The van der Waals surface area contributed by atoms with Gasteiger partial charge < -0.3 is 5.11 Å². The number of benzene rings is 2. The van der Waals surface area contributed by atoms with E-state index in [0.717, 1.165) is 22.7 Å². The first-order valence-electron chi connectivity index (χ1n) is 5.36. The summed E-state index contributed by atoms with van der Waals surface area (Å²) >= 11 is 1.14. The molecule has 0 unspecified atom stereocenters. The van der Waals surface area contributed by atoms with E-state index >= 15 is 0 Å². The highest BCUT2D eigenvalue weighted by atomic mass is 32.2. The maximum Gasteiger partial charge on any atom is 0.336 e. The van der Waals surface area contributed by atoms with E-state index in [-0.39, 0.29) is 16.0 Å². The van der Waals surface area contributed by atoms with Gasteiger partial charge in [-0.3, -0.25) is 4.79 Å². The number of carboxylic acid groups (broad SMARTS) is 1. The van der Waals surface area contributed by atoms with E-state index < -0.39 is 11.8 Å². The van der Waals surface area contributed by atoms with Crippen molar-refractivity contribution in [3.8, 4) is 0 Å². The van der Waals surface area contributed by atoms with Gasteiger partial charge in [0.2, 0.25) is 0 Å². The fourth-order valence-electron chi connectivity index (χ4n) is 1.55. The highest BCUT2D eigenvalue weighted by molar-refractivity contribution is 7.99. The third-order valence-corrected chi connectivity index (χ3v) is 3.47. The minimum Gasteiger partial charge on any atom is -0.478 e. The van der Waals surface area contributed by atoms with E-state index in [4.69, 9.17) is 5.11 Å². The van der Waals surface area contributed by atoms with E-state index in [1.165, 1.54) is 6.07 Å². The smallest absolute Gasteiger partial charge is 0.336 e. The standard InChI is InChI=1S/C14H9FO3S/c15-12-7-11(14(17)18)9(8-16)6-13(12)19-10-4-2-1-3-5-10/h1-8H,(H,17,18). The van der Waals surface area contributed by atoms with Crippen molar-refractivity contribution in [2.24, 2.45) is 0 Å². The molecule has 0 aliphatic rings. The van der Waals surface area contributed by atoms with Gasteiger partial charge >= 0.3 is 5.97 Å². The van der Waals surface area contributed by atoms with Gasteiger partial charge in [-0.05, 0) is 24.3 Å². The Labute approximate surface area is 113 Å². The minimum absolute atomic E-state index is 0.0349. The quantitative estimate of drug-likeness (QED) is 0.868. The van der Waals surface area contributed by atoms with E-state index in [0.29, 0.717) is 6.29 Å². The molecule has 3 nitrogen and oxygen atoms in total. The first kappa shape index (κ1) is 13.3. The summed E-state index contributed by atoms with van der Waals surface area (Å²) in [5.41, 5.74) is -0.364. The maximum atomic E-state index is 13.8. The molecule has 0 heterocycles. The Morgan fingerprint density at radius 1 is 1.21 bits per heavy atom. The lowest BCUT2D eigenvalue weighted by molar-refractivity contribution is 0.0693. The van der Waals surface area contributed by atoms with Crippen LogP contribution in [-0.4, -0.2) is 17.4 Å². The predicted octanol–water partition coefficient (Wildman–Crippen LogP) is 3.49. The monoisotopic (exact) mass is 276 g/mol. The van der Waals surface area contributed by atoms with Gasteiger partial charge in [-0.1, -0.05) is 30.0 Å². The molecule has 5 heteroatoms. The van der Waals surface area contributed by atoms with E-state index in [1.807, 2.05) is 18.2 Å². The molecule has 2 rings (SSSR count). The zero-order valence-corrected chi connectivity index (χ0v) is 10.5. The van der Waals surface area contributed by atoms with E-state index in [1.54, 1.807) is 12.1 Å². The highest BCUT2D eigenvalue weighted by Gasteiger charge is 2.15. The Kier molecular flexibility index (Phi) is 3.97. The van der Waals surface area contributed by atoms with Crippen LogP contribution in [0.2, 0.25) is 0 Å². The number of halogens is 1. The molecule has 0 aromatic heterocycles. The summed E-state index contributed by atoms with van der Waals surface area (Å²) in [6.45, 7) is 0. The molecule has 2 aromatic rings. The first-order valence-corrected chi connectivity index (χ1v) is 6.18. The van der Waals surface area contributed by atoms with Crippen molar-refractivity contribution in [1.82, 2.24) is 0 Å². The number of hydrogen-bond donors (Lipinski definition) is 1. The number of carboxylic acids is 1. The molecular weight excluding hydrogens is 267 g/mol. The van der Waals surface area contributed by atoms with Crippen molar-refractivity contribution >= 4 is 24.0 Å². The molecular formula is C14H9FO3S. The summed E-state index contributed by atoms with van der Waals surface area (Å²) in [7, 11) is 0. The number of carbonyl (C=O) groups excluding carboxylic acids is 1. The van der Waals surface area contributed by atoms with Gasteiger partial charge in [-0.25, -0.2) is 9.18 Å². The van der Waals surface area contributed by atoms with Gasteiger partial charge in [0.05, 0.1) is 5.56 Å². The van der Waals surface area contributed by atoms with Gasteiger partial charge in [-0.2, -0.15) is 0 Å². The molecule has 0 saturated heterocycles. The second-order valence-electron chi connectivity index (χ2n) is 3.71. The van der Waals surface area contributed by atoms with Crippen LogP contribution in [-0.2, 0) is 0 Å². The largest absolute Gasteiger partial charge is 0.478 e. The van der Waals surface area contributed by atoms with Crippen molar-refractivity contribution in [1.29, 1.82) is 0 Å². The van der Waals surface area contributed by atoms with Crippen LogP contribution >= 0.6 is 11.8 Å².